The molecular formula is C10H19ClN4. The van der Waals surface area contributed by atoms with Crippen molar-refractivity contribution in [2.75, 3.05) is 13.6 Å². The fourth-order valence-corrected chi connectivity index (χ4v) is 1.52. The van der Waals surface area contributed by atoms with Gasteiger partial charge in [0.15, 0.2) is 0 Å². The first kappa shape index (κ1) is 12.5. The molecule has 15 heavy (non-hydrogen) atoms. The predicted molar refractivity (Wildman–Crippen MR) is 62.0 cm³/mol. The zero-order chi connectivity index (χ0) is 11.3. The summed E-state index contributed by atoms with van der Waals surface area (Å²) in [6.45, 7) is 6.41. The molecule has 0 aliphatic rings. The van der Waals surface area contributed by atoms with Crippen LogP contribution in [0, 0.1) is 0 Å². The lowest BCUT2D eigenvalue weighted by molar-refractivity contribution is 0.265. The van der Waals surface area contributed by atoms with Crippen LogP contribution in [-0.4, -0.2) is 39.3 Å². The fraction of sp³-hybridized carbons (Fsp3) is 0.800. The molecule has 0 aromatic carbocycles. The van der Waals surface area contributed by atoms with E-state index in [0.29, 0.717) is 11.9 Å². The highest BCUT2D eigenvalue weighted by atomic mass is 35.5. The highest BCUT2D eigenvalue weighted by molar-refractivity contribution is 6.16. The molecule has 0 atom stereocenters. The summed E-state index contributed by atoms with van der Waals surface area (Å²) < 4.78 is 2.02. The minimum Gasteiger partial charge on any atom is -0.317 e. The molecule has 0 bridgehead atoms. The second-order valence-corrected chi connectivity index (χ2v) is 4.27. The number of halogens is 1. The molecule has 0 aliphatic heterocycles. The molecule has 1 rings (SSSR count). The normalized spacial score (nSPS) is 11.6. The molecule has 1 heterocycles. The minimum absolute atomic E-state index is 0.431. The van der Waals surface area contributed by atoms with Gasteiger partial charge in [-0.2, -0.15) is 0 Å². The standard InChI is InChI=1S/C10H19ClN4/c1-9(2)14(3)5-4-6-15-8-12-13-10(15)7-11/h8-9H,4-7H2,1-3H3. The third kappa shape index (κ3) is 3.80. The van der Waals surface area contributed by atoms with Gasteiger partial charge in [0.1, 0.15) is 12.2 Å². The van der Waals surface area contributed by atoms with Crippen LogP contribution in [0.3, 0.4) is 0 Å². The van der Waals surface area contributed by atoms with Crippen molar-refractivity contribution < 1.29 is 0 Å². The van der Waals surface area contributed by atoms with E-state index in [9.17, 15) is 0 Å². The maximum absolute atomic E-state index is 5.73. The summed E-state index contributed by atoms with van der Waals surface area (Å²) in [6, 6.07) is 0.596. The number of alkyl halides is 1. The number of nitrogens with zero attached hydrogens (tertiary/aromatic N) is 4. The van der Waals surface area contributed by atoms with Crippen LogP contribution in [-0.2, 0) is 12.4 Å². The van der Waals surface area contributed by atoms with E-state index in [0.717, 1.165) is 25.3 Å². The van der Waals surface area contributed by atoms with E-state index in [4.69, 9.17) is 11.6 Å². The van der Waals surface area contributed by atoms with Crippen molar-refractivity contribution in [2.24, 2.45) is 0 Å². The first-order valence-electron chi connectivity index (χ1n) is 5.28. The van der Waals surface area contributed by atoms with Crippen LogP contribution in [0.4, 0.5) is 0 Å². The summed E-state index contributed by atoms with van der Waals surface area (Å²) in [5, 5.41) is 7.78. The van der Waals surface area contributed by atoms with Gasteiger partial charge in [-0.25, -0.2) is 0 Å². The molecule has 0 aliphatic carbocycles. The molecule has 0 fully saturated rings. The summed E-state index contributed by atoms with van der Waals surface area (Å²) in [4.78, 5) is 2.32. The number of aromatic nitrogens is 3. The van der Waals surface area contributed by atoms with Crippen LogP contribution in [0.15, 0.2) is 6.33 Å². The maximum atomic E-state index is 5.73. The van der Waals surface area contributed by atoms with Crippen molar-refractivity contribution in [1.29, 1.82) is 0 Å². The van der Waals surface area contributed by atoms with Crippen LogP contribution >= 0.6 is 11.6 Å². The van der Waals surface area contributed by atoms with Gasteiger partial charge < -0.3 is 9.47 Å². The van der Waals surface area contributed by atoms with Gasteiger partial charge in [0.2, 0.25) is 0 Å². The molecule has 0 saturated heterocycles. The van der Waals surface area contributed by atoms with E-state index in [1.807, 2.05) is 4.57 Å². The average Bonchev–Trinajstić information content (AvgIpc) is 2.65. The second-order valence-electron chi connectivity index (χ2n) is 4.00. The van der Waals surface area contributed by atoms with Crippen molar-refractivity contribution >= 4 is 11.6 Å². The highest BCUT2D eigenvalue weighted by Crippen LogP contribution is 2.02. The van der Waals surface area contributed by atoms with Gasteiger partial charge in [0.05, 0.1) is 5.88 Å². The summed E-state index contributed by atoms with van der Waals surface area (Å²) in [5.41, 5.74) is 0. The van der Waals surface area contributed by atoms with E-state index in [-0.39, 0.29) is 0 Å². The second kappa shape index (κ2) is 6.08. The molecule has 0 saturated carbocycles. The van der Waals surface area contributed by atoms with E-state index < -0.39 is 0 Å². The van der Waals surface area contributed by atoms with Crippen LogP contribution in [0.1, 0.15) is 26.1 Å². The lowest BCUT2D eigenvalue weighted by Crippen LogP contribution is -2.27. The summed E-state index contributed by atoms with van der Waals surface area (Å²) in [6.07, 6.45) is 2.84. The lowest BCUT2D eigenvalue weighted by Gasteiger charge is -2.20. The van der Waals surface area contributed by atoms with Crippen molar-refractivity contribution in [2.45, 2.75) is 38.7 Å². The Morgan fingerprint density at radius 2 is 2.27 bits per heavy atom. The Hall–Kier alpha value is -0.610. The van der Waals surface area contributed by atoms with Gasteiger partial charge in [-0.15, -0.1) is 21.8 Å². The molecule has 1 aromatic heterocycles. The van der Waals surface area contributed by atoms with Crippen molar-refractivity contribution in [3.8, 4) is 0 Å². The molecule has 5 heteroatoms. The smallest absolute Gasteiger partial charge is 0.147 e. The fourth-order valence-electron chi connectivity index (χ4n) is 1.32. The van der Waals surface area contributed by atoms with Crippen LogP contribution in [0.2, 0.25) is 0 Å². The number of hydrogen-bond donors (Lipinski definition) is 0. The minimum atomic E-state index is 0.431. The van der Waals surface area contributed by atoms with E-state index >= 15 is 0 Å². The van der Waals surface area contributed by atoms with Crippen molar-refractivity contribution in [3.05, 3.63) is 12.2 Å². The van der Waals surface area contributed by atoms with Crippen LogP contribution in [0.5, 0.6) is 0 Å². The zero-order valence-corrected chi connectivity index (χ0v) is 10.4. The molecule has 1 aromatic rings. The van der Waals surface area contributed by atoms with Crippen molar-refractivity contribution in [3.63, 3.8) is 0 Å². The van der Waals surface area contributed by atoms with Crippen molar-refractivity contribution in [1.82, 2.24) is 19.7 Å². The Kier molecular flexibility index (Phi) is 5.05. The lowest BCUT2D eigenvalue weighted by atomic mass is 10.3. The summed E-state index contributed by atoms with van der Waals surface area (Å²) in [7, 11) is 2.14. The first-order valence-corrected chi connectivity index (χ1v) is 5.81. The van der Waals surface area contributed by atoms with Crippen LogP contribution < -0.4 is 0 Å². The molecule has 86 valence electrons. The average molecular weight is 231 g/mol. The SMILES string of the molecule is CC(C)N(C)CCCn1cnnc1CCl. The van der Waals surface area contributed by atoms with Gasteiger partial charge >= 0.3 is 0 Å². The van der Waals surface area contributed by atoms with Gasteiger partial charge in [-0.1, -0.05) is 0 Å². The molecule has 0 amide bonds. The van der Waals surface area contributed by atoms with E-state index in [2.05, 4.69) is 36.0 Å². The van der Waals surface area contributed by atoms with E-state index in [1.54, 1.807) is 6.33 Å². The topological polar surface area (TPSA) is 34.0 Å². The molecular weight excluding hydrogens is 212 g/mol. The molecule has 0 unspecified atom stereocenters. The third-order valence-corrected chi connectivity index (χ3v) is 2.85. The number of rotatable bonds is 6. The largest absolute Gasteiger partial charge is 0.317 e. The summed E-state index contributed by atoms with van der Waals surface area (Å²) in [5.74, 6) is 1.28. The Morgan fingerprint density at radius 1 is 1.53 bits per heavy atom. The number of aryl methyl sites for hydroxylation is 1. The molecule has 0 spiro atoms. The number of hydrogen-bond acceptors (Lipinski definition) is 3. The Morgan fingerprint density at radius 3 is 2.87 bits per heavy atom. The van der Waals surface area contributed by atoms with Gasteiger partial charge in [0.25, 0.3) is 0 Å². The quantitative estimate of drug-likeness (QED) is 0.699. The third-order valence-electron chi connectivity index (χ3n) is 2.61. The molecule has 0 N–H and O–H groups in total. The monoisotopic (exact) mass is 230 g/mol. The molecule has 4 nitrogen and oxygen atoms in total. The van der Waals surface area contributed by atoms with E-state index in [1.165, 1.54) is 0 Å². The highest BCUT2D eigenvalue weighted by Gasteiger charge is 2.04. The van der Waals surface area contributed by atoms with Crippen LogP contribution in [0.25, 0.3) is 0 Å². The summed E-state index contributed by atoms with van der Waals surface area (Å²) >= 11 is 5.73. The Bertz CT molecular complexity index is 285. The zero-order valence-electron chi connectivity index (χ0n) is 9.65. The van der Waals surface area contributed by atoms with Gasteiger partial charge in [0, 0.05) is 12.6 Å². The first-order chi connectivity index (χ1) is 7.15. The molecule has 0 radical (unpaired) electrons. The predicted octanol–water partition coefficient (Wildman–Crippen LogP) is 1.75. The van der Waals surface area contributed by atoms with Gasteiger partial charge in [-0.3, -0.25) is 0 Å². The maximum Gasteiger partial charge on any atom is 0.147 e. The van der Waals surface area contributed by atoms with Gasteiger partial charge in [-0.05, 0) is 33.9 Å². The Balaban J connectivity index is 2.31. The Labute approximate surface area is 96.2 Å².